The molecule has 70 heavy (non-hydrogen) atoms. The van der Waals surface area contributed by atoms with E-state index in [0.717, 1.165) is 11.9 Å². The zero-order valence-corrected chi connectivity index (χ0v) is 54.8. The Morgan fingerprint density at radius 2 is 0.786 bits per heavy atom. The number of carbonyl (C=O) groups is 1. The Morgan fingerprint density at radius 1 is 0.514 bits per heavy atom. The van der Waals surface area contributed by atoms with Crippen molar-refractivity contribution in [2.45, 2.75) is 180 Å². The first-order chi connectivity index (χ1) is 30.5. The van der Waals surface area contributed by atoms with Gasteiger partial charge in [-0.2, -0.15) is 7.85 Å². The minimum atomic E-state index is -2.71. The topological polar surface area (TPSA) is 153 Å². The number of aliphatic hydroxyl groups is 4. The third-order valence-corrected chi connectivity index (χ3v) is 32.3. The predicted molar refractivity (Wildman–Crippen MR) is 284 cm³/mol. The summed E-state index contributed by atoms with van der Waals surface area (Å²) < 4.78 is 40.1. The monoisotopic (exact) mass is 1190 g/mol. The Kier molecular flexibility index (Phi) is 48.0. The van der Waals surface area contributed by atoms with Crippen molar-refractivity contribution in [2.24, 2.45) is 0 Å². The van der Waals surface area contributed by atoms with Crippen LogP contribution in [-0.2, 0) is 105 Å². The van der Waals surface area contributed by atoms with Crippen LogP contribution in [0.3, 0.4) is 0 Å². The molecule has 0 saturated carbocycles. The van der Waals surface area contributed by atoms with E-state index in [1.54, 1.807) is 0 Å². The fourth-order valence-corrected chi connectivity index (χ4v) is 29.9. The Labute approximate surface area is 486 Å². The molecule has 2 saturated heterocycles. The molecule has 0 spiro atoms. The van der Waals surface area contributed by atoms with Crippen molar-refractivity contribution in [2.75, 3.05) is 26.4 Å². The van der Waals surface area contributed by atoms with E-state index < -0.39 is 52.6 Å². The molecule has 0 bridgehead atoms. The zero-order chi connectivity index (χ0) is 52.0. The second-order valence-electron chi connectivity index (χ2n) is 19.0. The second-order valence-corrected chi connectivity index (χ2v) is 36.7. The molecule has 0 amide bonds. The van der Waals surface area contributed by atoms with Gasteiger partial charge in [0.25, 0.3) is 0 Å². The van der Waals surface area contributed by atoms with Gasteiger partial charge in [-0.1, -0.05) is 156 Å². The summed E-state index contributed by atoms with van der Waals surface area (Å²) in [6.07, 6.45) is 8.93. The van der Waals surface area contributed by atoms with Crippen molar-refractivity contribution in [1.82, 2.24) is 0 Å². The van der Waals surface area contributed by atoms with Gasteiger partial charge < -0.3 is 57.5 Å². The van der Waals surface area contributed by atoms with E-state index in [9.17, 15) is 4.79 Å². The fourth-order valence-electron chi connectivity index (χ4n) is 7.74. The van der Waals surface area contributed by atoms with Crippen molar-refractivity contribution < 1.29 is 125 Å². The van der Waals surface area contributed by atoms with Crippen LogP contribution >= 0.6 is 0 Å². The molecule has 0 unspecified atom stereocenters. The molecule has 0 aromatic rings. The minimum Gasteiger partial charge on any atom is -0.428 e. The SMILES string of the molecule is [B][CH-]C(=C)[C@@H](O)[CH-]CO.[B][CH-]C(=C)[C@@H](O)[CH-]CO.[B][CH-]C(=C)[C@@H]1[CH-]CO[Si](C(C)C)(C(C)C)O[Si](C(C)C)(C(C)C)O1.[B][CH-]C(=O)[C@@H]1[CH-]CO[Si](C(C)C)(C(C)C)O[Si](C(C)C)(C(C)C)O1.[V+2].[V+2].[V+2].[V+2]. The first-order valence-electron chi connectivity index (χ1n) is 23.3. The number of hydrogen-bond donors (Lipinski definition) is 4. The first kappa shape index (κ1) is 82.8. The molecule has 2 aliphatic heterocycles. The number of Topliss-reactive ketones (excluding diaryl/α,β-unsaturated/α-hetero) is 1. The molecule has 0 aromatic heterocycles. The van der Waals surface area contributed by atoms with Crippen LogP contribution in [0.4, 0.5) is 0 Å². The summed E-state index contributed by atoms with van der Waals surface area (Å²) in [5.74, 6) is -0.233. The van der Waals surface area contributed by atoms with Crippen LogP contribution in [0.2, 0.25) is 44.3 Å². The average molecular weight is 1190 g/mol. The summed E-state index contributed by atoms with van der Waals surface area (Å²) in [5, 5.41) is 34.3. The van der Waals surface area contributed by atoms with Crippen LogP contribution in [-0.4, -0.2) is 143 Å². The van der Waals surface area contributed by atoms with Gasteiger partial charge in [0.2, 0.25) is 0 Å². The van der Waals surface area contributed by atoms with Crippen LogP contribution in [0.1, 0.15) is 111 Å². The van der Waals surface area contributed by atoms with Crippen LogP contribution in [0.5, 0.6) is 0 Å². The number of carbonyl (C=O) groups excluding carboxylic acids is 1. The largest absolute Gasteiger partial charge is 2.00 e. The van der Waals surface area contributed by atoms with Gasteiger partial charge in [-0.05, 0) is 79.8 Å². The molecule has 23 heteroatoms. The summed E-state index contributed by atoms with van der Waals surface area (Å²) in [6.45, 7) is 46.3. The van der Waals surface area contributed by atoms with E-state index in [-0.39, 0.29) is 110 Å². The maximum absolute atomic E-state index is 12.2. The predicted octanol–water partition coefficient (Wildman–Crippen LogP) is 7.93. The zero-order valence-electron chi connectivity index (χ0n) is 45.2. The molecule has 12 radical (unpaired) electrons. The van der Waals surface area contributed by atoms with E-state index in [1.165, 1.54) is 31.8 Å². The molecule has 4 N–H and O–H groups in total. The summed E-state index contributed by atoms with van der Waals surface area (Å²) in [5.41, 5.74) is 3.89. The molecule has 2 rings (SSSR count). The van der Waals surface area contributed by atoms with E-state index in [0.29, 0.717) is 57.6 Å². The maximum atomic E-state index is 12.2. The van der Waals surface area contributed by atoms with E-state index in [1.807, 2.05) is 6.42 Å². The molecule has 0 aliphatic carbocycles. The minimum absolute atomic E-state index is 0. The van der Waals surface area contributed by atoms with Crippen LogP contribution < -0.4 is 0 Å². The Hall–Kier alpha value is 1.43. The molecular formula is C47H86B4O11Si4V4. The summed E-state index contributed by atoms with van der Waals surface area (Å²) in [7, 11) is 11.0. The first-order valence-corrected chi connectivity index (χ1v) is 31.1. The van der Waals surface area contributed by atoms with E-state index in [4.69, 9.17) is 77.7 Å². The molecular weight excluding hydrogens is 1100 g/mol. The van der Waals surface area contributed by atoms with Crippen molar-refractivity contribution in [3.05, 3.63) is 87.4 Å². The number of ketones is 1. The molecule has 2 heterocycles. The van der Waals surface area contributed by atoms with Crippen molar-refractivity contribution in [1.29, 1.82) is 0 Å². The normalized spacial score (nSPS) is 19.9. The second kappa shape index (κ2) is 40.6. The summed E-state index contributed by atoms with van der Waals surface area (Å²) in [4.78, 5) is 12.2. The van der Waals surface area contributed by atoms with Crippen molar-refractivity contribution in [3.63, 3.8) is 0 Å². The molecule has 388 valence electrons. The third-order valence-electron chi connectivity index (χ3n) is 11.8. The molecule has 4 atom stereocenters. The van der Waals surface area contributed by atoms with Gasteiger partial charge in [0.15, 0.2) is 0 Å². The Balaban J connectivity index is -0.000000209. The Bertz CT molecular complexity index is 1290. The van der Waals surface area contributed by atoms with Crippen LogP contribution in [0, 0.1) is 51.0 Å². The number of rotatable bonds is 20. The fraction of sp³-hybridized carbons (Fsp3) is 0.681. The Morgan fingerprint density at radius 3 is 1.01 bits per heavy atom. The molecule has 11 nitrogen and oxygen atoms in total. The van der Waals surface area contributed by atoms with E-state index >= 15 is 0 Å². The van der Waals surface area contributed by atoms with Crippen LogP contribution in [0.25, 0.3) is 0 Å². The summed E-state index contributed by atoms with van der Waals surface area (Å²) in [6, 6.07) is 0. The van der Waals surface area contributed by atoms with Gasteiger partial charge in [-0.25, -0.2) is 36.5 Å². The van der Waals surface area contributed by atoms with E-state index in [2.05, 4.69) is 137 Å². The van der Waals surface area contributed by atoms with Gasteiger partial charge in [0.1, 0.15) is 0 Å². The quantitative estimate of drug-likeness (QED) is 0.0695. The average Bonchev–Trinajstić information content (AvgIpc) is 3.22. The van der Waals surface area contributed by atoms with Gasteiger partial charge in [-0.3, -0.25) is 44.6 Å². The van der Waals surface area contributed by atoms with Gasteiger partial charge in [-0.15, -0.1) is 0 Å². The van der Waals surface area contributed by atoms with Gasteiger partial charge in [0, 0.05) is 0 Å². The van der Waals surface area contributed by atoms with Crippen molar-refractivity contribution in [3.8, 4) is 0 Å². The van der Waals surface area contributed by atoms with Crippen molar-refractivity contribution >= 4 is 71.4 Å². The standard InChI is InChI=1S/C18H35BO3Si2.C17H33BO4Si2.2C6H9BO2.4V/c1-13(2)23(14(3)4)20-11-10-18(17(9)12-19)21-24(22-23,15(5)6)16(7)8;1-12(2)23(13(3)4)20-10-9-17(16(19)11-18)21-24(22-23,14(5)6)15(7)8;2*1-5(4-7)6(9)2-3-8;;;;/h10,12-16,18H,9,11H2,1-8H3;9,11-15,17H,10H2,1-8H3;2*2,4,6,8-9H,1,3H2;;;;/q4*-2;4*+2/t18-;17-;2*6-;;;;/m0000..../s1. The number of hydrogen-bond acceptors (Lipinski definition) is 11. The van der Waals surface area contributed by atoms with Gasteiger partial charge in [0.05, 0.1) is 0 Å². The van der Waals surface area contributed by atoms with Gasteiger partial charge >= 0.3 is 108 Å². The smallest absolute Gasteiger partial charge is 0.428 e. The third kappa shape index (κ3) is 24.4. The number of aliphatic hydroxyl groups excluding tert-OH is 4. The molecule has 0 aromatic carbocycles. The maximum Gasteiger partial charge on any atom is 2.00 e. The van der Waals surface area contributed by atoms with Crippen LogP contribution in [0.15, 0.2) is 36.5 Å². The summed E-state index contributed by atoms with van der Waals surface area (Å²) >= 11 is 0. The molecule has 2 aliphatic rings. The molecule has 2 fully saturated rings.